The Morgan fingerprint density at radius 1 is 1.09 bits per heavy atom. The summed E-state index contributed by atoms with van der Waals surface area (Å²) in [6, 6.07) is 11.5. The van der Waals surface area contributed by atoms with Gasteiger partial charge in [-0.1, -0.05) is 35.9 Å². The van der Waals surface area contributed by atoms with Crippen LogP contribution in [0.3, 0.4) is 0 Å². The number of hydrogen-bond acceptors (Lipinski definition) is 2. The highest BCUT2D eigenvalue weighted by atomic mass is 35.5. The summed E-state index contributed by atoms with van der Waals surface area (Å²) >= 11 is 5.79. The number of halogens is 2. The fraction of sp³-hybridized carbons (Fsp3) is 0.176. The molecule has 4 nitrogen and oxygen atoms in total. The molecule has 23 heavy (non-hydrogen) atoms. The van der Waals surface area contributed by atoms with Crippen molar-refractivity contribution in [3.8, 4) is 0 Å². The molecule has 0 saturated heterocycles. The normalized spacial score (nSPS) is 11.7. The van der Waals surface area contributed by atoms with Crippen molar-refractivity contribution in [2.75, 3.05) is 0 Å². The summed E-state index contributed by atoms with van der Waals surface area (Å²) in [5.74, 6) is -1.79. The first-order valence-electron chi connectivity index (χ1n) is 6.95. The maximum absolute atomic E-state index is 13.0. The van der Waals surface area contributed by atoms with Crippen LogP contribution in [0.1, 0.15) is 23.6 Å². The maximum atomic E-state index is 13.0. The topological polar surface area (TPSA) is 66.4 Å². The third kappa shape index (κ3) is 5.38. The van der Waals surface area contributed by atoms with Gasteiger partial charge in [0.05, 0.1) is 18.9 Å². The van der Waals surface area contributed by atoms with Gasteiger partial charge in [0, 0.05) is 5.02 Å². The minimum Gasteiger partial charge on any atom is -0.481 e. The van der Waals surface area contributed by atoms with Crippen molar-refractivity contribution in [3.63, 3.8) is 0 Å². The van der Waals surface area contributed by atoms with E-state index in [1.54, 1.807) is 24.3 Å². The van der Waals surface area contributed by atoms with Gasteiger partial charge in [0.15, 0.2) is 0 Å². The number of carbonyl (C=O) groups excluding carboxylic acids is 1. The van der Waals surface area contributed by atoms with Crippen LogP contribution in [-0.4, -0.2) is 17.0 Å². The van der Waals surface area contributed by atoms with Gasteiger partial charge in [-0.3, -0.25) is 9.59 Å². The van der Waals surface area contributed by atoms with Gasteiger partial charge in [-0.05, 0) is 35.4 Å². The number of carbonyl (C=O) groups is 2. The first kappa shape index (κ1) is 17.0. The SMILES string of the molecule is O=C(O)C[C@@H](NC(=O)Cc1ccc(Cl)cc1)c1ccc(F)cc1. The Labute approximate surface area is 137 Å². The molecule has 2 aromatic carbocycles. The Hall–Kier alpha value is -2.40. The van der Waals surface area contributed by atoms with Crippen LogP contribution >= 0.6 is 11.6 Å². The van der Waals surface area contributed by atoms with Crippen LogP contribution in [0.25, 0.3) is 0 Å². The van der Waals surface area contributed by atoms with Crippen LogP contribution < -0.4 is 5.32 Å². The van der Waals surface area contributed by atoms with E-state index in [0.717, 1.165) is 5.56 Å². The van der Waals surface area contributed by atoms with Gasteiger partial charge in [0.2, 0.25) is 5.91 Å². The van der Waals surface area contributed by atoms with E-state index < -0.39 is 17.8 Å². The fourth-order valence-corrected chi connectivity index (χ4v) is 2.28. The monoisotopic (exact) mass is 335 g/mol. The molecule has 120 valence electrons. The van der Waals surface area contributed by atoms with Crippen LogP contribution in [0.5, 0.6) is 0 Å². The molecule has 6 heteroatoms. The van der Waals surface area contributed by atoms with Crippen molar-refractivity contribution in [1.29, 1.82) is 0 Å². The van der Waals surface area contributed by atoms with Gasteiger partial charge in [-0.25, -0.2) is 4.39 Å². The summed E-state index contributed by atoms with van der Waals surface area (Å²) in [4.78, 5) is 23.1. The summed E-state index contributed by atoms with van der Waals surface area (Å²) in [6.45, 7) is 0. The Bertz CT molecular complexity index is 686. The zero-order valence-electron chi connectivity index (χ0n) is 12.1. The van der Waals surface area contributed by atoms with Gasteiger partial charge in [-0.2, -0.15) is 0 Å². The highest BCUT2D eigenvalue weighted by Crippen LogP contribution is 2.18. The quantitative estimate of drug-likeness (QED) is 0.850. The lowest BCUT2D eigenvalue weighted by Gasteiger charge is -2.17. The minimum atomic E-state index is -1.05. The maximum Gasteiger partial charge on any atom is 0.305 e. The largest absolute Gasteiger partial charge is 0.481 e. The molecule has 0 aromatic heterocycles. The van der Waals surface area contributed by atoms with Crippen LogP contribution in [0, 0.1) is 5.82 Å². The van der Waals surface area contributed by atoms with Crippen molar-refractivity contribution in [2.45, 2.75) is 18.9 Å². The van der Waals surface area contributed by atoms with E-state index in [1.807, 2.05) is 0 Å². The summed E-state index contributed by atoms with van der Waals surface area (Å²) in [5, 5.41) is 12.2. The fourth-order valence-electron chi connectivity index (χ4n) is 2.15. The number of carboxylic acids is 1. The van der Waals surface area contributed by atoms with E-state index >= 15 is 0 Å². The van der Waals surface area contributed by atoms with E-state index in [1.165, 1.54) is 24.3 Å². The summed E-state index contributed by atoms with van der Waals surface area (Å²) in [7, 11) is 0. The van der Waals surface area contributed by atoms with Gasteiger partial charge in [0.1, 0.15) is 5.82 Å². The van der Waals surface area contributed by atoms with Gasteiger partial charge < -0.3 is 10.4 Å². The lowest BCUT2D eigenvalue weighted by atomic mass is 10.0. The van der Waals surface area contributed by atoms with Crippen molar-refractivity contribution >= 4 is 23.5 Å². The molecule has 2 aromatic rings. The zero-order chi connectivity index (χ0) is 16.8. The second-order valence-corrected chi connectivity index (χ2v) is 5.51. The summed E-state index contributed by atoms with van der Waals surface area (Å²) < 4.78 is 13.0. The van der Waals surface area contributed by atoms with Crippen molar-refractivity contribution in [1.82, 2.24) is 5.32 Å². The molecule has 0 saturated carbocycles. The molecule has 0 bridgehead atoms. The Morgan fingerprint density at radius 3 is 2.26 bits per heavy atom. The number of nitrogens with one attached hydrogen (secondary N) is 1. The number of carboxylic acid groups (broad SMARTS) is 1. The summed E-state index contributed by atoms with van der Waals surface area (Å²) in [6.07, 6.45) is -0.174. The van der Waals surface area contributed by atoms with Crippen molar-refractivity contribution < 1.29 is 19.1 Å². The van der Waals surface area contributed by atoms with Crippen molar-refractivity contribution in [2.24, 2.45) is 0 Å². The van der Waals surface area contributed by atoms with Crippen LogP contribution in [0.2, 0.25) is 5.02 Å². The van der Waals surface area contributed by atoms with E-state index in [0.29, 0.717) is 10.6 Å². The summed E-state index contributed by atoms with van der Waals surface area (Å²) in [5.41, 5.74) is 1.30. The number of aliphatic carboxylic acids is 1. The Balaban J connectivity index is 2.07. The van der Waals surface area contributed by atoms with E-state index in [2.05, 4.69) is 5.32 Å². The van der Waals surface area contributed by atoms with Crippen LogP contribution in [0.15, 0.2) is 48.5 Å². The minimum absolute atomic E-state index is 0.106. The molecule has 1 atom stereocenters. The zero-order valence-corrected chi connectivity index (χ0v) is 12.9. The second-order valence-electron chi connectivity index (χ2n) is 5.07. The lowest BCUT2D eigenvalue weighted by Crippen LogP contribution is -2.31. The lowest BCUT2D eigenvalue weighted by molar-refractivity contribution is -0.137. The molecule has 0 spiro atoms. The smallest absolute Gasteiger partial charge is 0.305 e. The van der Waals surface area contributed by atoms with Crippen LogP contribution in [0.4, 0.5) is 4.39 Å². The predicted molar refractivity (Wildman–Crippen MR) is 84.7 cm³/mol. The molecular weight excluding hydrogens is 321 g/mol. The molecule has 0 heterocycles. The van der Waals surface area contributed by atoms with Gasteiger partial charge in [-0.15, -0.1) is 0 Å². The molecule has 0 aliphatic heterocycles. The van der Waals surface area contributed by atoms with Gasteiger partial charge in [0.25, 0.3) is 0 Å². The highest BCUT2D eigenvalue weighted by molar-refractivity contribution is 6.30. The number of benzene rings is 2. The molecular formula is C17H15ClFNO3. The third-order valence-electron chi connectivity index (χ3n) is 3.26. The molecule has 0 radical (unpaired) electrons. The average molecular weight is 336 g/mol. The molecule has 0 fully saturated rings. The van der Waals surface area contributed by atoms with E-state index in [-0.39, 0.29) is 18.7 Å². The number of hydrogen-bond donors (Lipinski definition) is 2. The molecule has 0 unspecified atom stereocenters. The van der Waals surface area contributed by atoms with E-state index in [4.69, 9.17) is 16.7 Å². The van der Waals surface area contributed by atoms with Gasteiger partial charge >= 0.3 is 5.97 Å². The Kier molecular flexibility index (Phi) is 5.71. The Morgan fingerprint density at radius 2 is 1.70 bits per heavy atom. The molecule has 2 N–H and O–H groups in total. The standard InChI is InChI=1S/C17H15ClFNO3/c18-13-5-1-11(2-6-13)9-16(21)20-15(10-17(22)23)12-3-7-14(19)8-4-12/h1-8,15H,9-10H2,(H,20,21)(H,22,23)/t15-/m1/s1. The average Bonchev–Trinajstić information content (AvgIpc) is 2.49. The first-order valence-corrected chi connectivity index (χ1v) is 7.33. The van der Waals surface area contributed by atoms with Crippen molar-refractivity contribution in [3.05, 3.63) is 70.5 Å². The third-order valence-corrected chi connectivity index (χ3v) is 3.52. The van der Waals surface area contributed by atoms with E-state index in [9.17, 15) is 14.0 Å². The van der Waals surface area contributed by atoms with Crippen LogP contribution in [-0.2, 0) is 16.0 Å². The number of rotatable bonds is 6. The predicted octanol–water partition coefficient (Wildman–Crippen LogP) is 3.35. The molecule has 0 aliphatic carbocycles. The number of amides is 1. The molecule has 2 rings (SSSR count). The molecule has 0 aliphatic rings. The first-order chi connectivity index (χ1) is 10.9. The second kappa shape index (κ2) is 7.74. The highest BCUT2D eigenvalue weighted by Gasteiger charge is 2.18. The molecule has 1 amide bonds.